The van der Waals surface area contributed by atoms with Gasteiger partial charge in [0.05, 0.1) is 6.61 Å². The molecule has 2 N–H and O–H groups in total. The van der Waals surface area contributed by atoms with E-state index in [1.54, 1.807) is 0 Å². The molecule has 0 aromatic heterocycles. The van der Waals surface area contributed by atoms with Gasteiger partial charge in [0.25, 0.3) is 0 Å². The molecule has 1 fully saturated rings. The van der Waals surface area contributed by atoms with Gasteiger partial charge >= 0.3 is 0 Å². The second-order valence-electron chi connectivity index (χ2n) is 3.13. The highest BCUT2D eigenvalue weighted by Crippen LogP contribution is 2.06. The molecule has 0 bridgehead atoms. The lowest BCUT2D eigenvalue weighted by Crippen LogP contribution is -2.46. The third-order valence-electron chi connectivity index (χ3n) is 2.06. The minimum absolute atomic E-state index is 0.506. The van der Waals surface area contributed by atoms with Gasteiger partial charge < -0.3 is 10.2 Å². The molecule has 0 amide bonds. The molecule has 2 atom stereocenters. The first-order valence-electron chi connectivity index (χ1n) is 4.43. The van der Waals surface area contributed by atoms with E-state index in [0.717, 1.165) is 13.2 Å². The molecule has 1 saturated heterocycles. The lowest BCUT2D eigenvalue weighted by molar-refractivity contribution is 0.0164. The maximum absolute atomic E-state index is 5.12. The smallest absolute Gasteiger partial charge is 0.0654 e. The van der Waals surface area contributed by atoms with Crippen LogP contribution in [0, 0.1) is 0 Å². The van der Waals surface area contributed by atoms with Crippen LogP contribution in [0.4, 0.5) is 0 Å². The third-order valence-corrected chi connectivity index (χ3v) is 2.06. The van der Waals surface area contributed by atoms with Gasteiger partial charge in [0.15, 0.2) is 0 Å². The van der Waals surface area contributed by atoms with E-state index >= 15 is 0 Å². The molecule has 2 unspecified atom stereocenters. The first kappa shape index (κ1) is 8.97. The Morgan fingerprint density at radius 3 is 2.91 bits per heavy atom. The van der Waals surface area contributed by atoms with Crippen molar-refractivity contribution in [1.82, 2.24) is 10.8 Å². The van der Waals surface area contributed by atoms with Crippen molar-refractivity contribution in [1.29, 1.82) is 0 Å². The van der Waals surface area contributed by atoms with Crippen LogP contribution in [0.25, 0.3) is 0 Å². The lowest BCUT2D eigenvalue weighted by atomic mass is 10.0. The summed E-state index contributed by atoms with van der Waals surface area (Å²) in [7, 11) is 0. The first-order chi connectivity index (χ1) is 5.33. The maximum Gasteiger partial charge on any atom is 0.0654 e. The molecule has 3 nitrogen and oxygen atoms in total. The van der Waals surface area contributed by atoms with Gasteiger partial charge in [0.1, 0.15) is 0 Å². The standard InChI is InChI=1S/C8H18N2O/c1-3-11-10-8-5-4-7(2)9-6-8/h7-10H,3-6H2,1-2H3. The number of hydroxylamine groups is 1. The van der Waals surface area contributed by atoms with Crippen molar-refractivity contribution in [3.8, 4) is 0 Å². The monoisotopic (exact) mass is 158 g/mol. The van der Waals surface area contributed by atoms with Crippen LogP contribution in [0.2, 0.25) is 0 Å². The number of hydrogen-bond donors (Lipinski definition) is 2. The summed E-state index contributed by atoms with van der Waals surface area (Å²) >= 11 is 0. The van der Waals surface area contributed by atoms with Gasteiger partial charge in [0, 0.05) is 18.6 Å². The Hall–Kier alpha value is -0.120. The fourth-order valence-electron chi connectivity index (χ4n) is 1.30. The summed E-state index contributed by atoms with van der Waals surface area (Å²) in [5, 5.41) is 3.40. The Bertz CT molecular complexity index is 97.5. The molecule has 0 radical (unpaired) electrons. The molecule has 0 aromatic rings. The normalized spacial score (nSPS) is 32.2. The van der Waals surface area contributed by atoms with Crippen molar-refractivity contribution < 1.29 is 4.84 Å². The van der Waals surface area contributed by atoms with E-state index < -0.39 is 0 Å². The predicted molar refractivity (Wildman–Crippen MR) is 45.2 cm³/mol. The van der Waals surface area contributed by atoms with E-state index in [-0.39, 0.29) is 0 Å². The minimum atomic E-state index is 0.506. The van der Waals surface area contributed by atoms with Crippen molar-refractivity contribution in [2.75, 3.05) is 13.2 Å². The van der Waals surface area contributed by atoms with Crippen LogP contribution >= 0.6 is 0 Å². The van der Waals surface area contributed by atoms with Crippen molar-refractivity contribution in [2.45, 2.75) is 38.8 Å². The molecule has 0 spiro atoms. The van der Waals surface area contributed by atoms with Crippen LogP contribution in [0.3, 0.4) is 0 Å². The Balaban J connectivity index is 2.07. The summed E-state index contributed by atoms with van der Waals surface area (Å²) in [5.41, 5.74) is 3.03. The van der Waals surface area contributed by atoms with Gasteiger partial charge in [-0.1, -0.05) is 0 Å². The SMILES string of the molecule is CCONC1CCC(C)NC1. The molecular weight excluding hydrogens is 140 g/mol. The van der Waals surface area contributed by atoms with Crippen molar-refractivity contribution >= 4 is 0 Å². The van der Waals surface area contributed by atoms with Gasteiger partial charge in [0.2, 0.25) is 0 Å². The molecular formula is C8H18N2O. The minimum Gasteiger partial charge on any atom is -0.313 e. The quantitative estimate of drug-likeness (QED) is 0.592. The Labute approximate surface area is 68.5 Å². The predicted octanol–water partition coefficient (Wildman–Crippen LogP) is 0.668. The summed E-state index contributed by atoms with van der Waals surface area (Å²) in [6.45, 7) is 5.98. The van der Waals surface area contributed by atoms with E-state index in [1.807, 2.05) is 6.92 Å². The van der Waals surface area contributed by atoms with Gasteiger partial charge in [-0.15, -0.1) is 0 Å². The molecule has 0 aromatic carbocycles. The number of hydrogen-bond acceptors (Lipinski definition) is 3. The van der Waals surface area contributed by atoms with Crippen molar-refractivity contribution in [2.24, 2.45) is 0 Å². The molecule has 0 aliphatic carbocycles. The molecule has 1 aliphatic heterocycles. The van der Waals surface area contributed by atoms with Crippen LogP contribution in [0.1, 0.15) is 26.7 Å². The van der Waals surface area contributed by atoms with E-state index in [2.05, 4.69) is 17.7 Å². The number of rotatable bonds is 3. The molecule has 1 rings (SSSR count). The zero-order chi connectivity index (χ0) is 8.10. The Morgan fingerprint density at radius 1 is 1.55 bits per heavy atom. The molecule has 3 heteroatoms. The van der Waals surface area contributed by atoms with E-state index in [9.17, 15) is 0 Å². The largest absolute Gasteiger partial charge is 0.313 e. The number of piperidine rings is 1. The topological polar surface area (TPSA) is 33.3 Å². The van der Waals surface area contributed by atoms with Crippen LogP contribution in [-0.4, -0.2) is 25.2 Å². The fourth-order valence-corrected chi connectivity index (χ4v) is 1.30. The highest BCUT2D eigenvalue weighted by Gasteiger charge is 2.16. The second-order valence-corrected chi connectivity index (χ2v) is 3.13. The van der Waals surface area contributed by atoms with Crippen LogP contribution in [-0.2, 0) is 4.84 Å². The van der Waals surface area contributed by atoms with Gasteiger partial charge in [-0.05, 0) is 26.7 Å². The summed E-state index contributed by atoms with van der Waals surface area (Å²) in [6.07, 6.45) is 2.46. The zero-order valence-electron chi connectivity index (χ0n) is 7.39. The summed E-state index contributed by atoms with van der Waals surface area (Å²) in [5.74, 6) is 0. The van der Waals surface area contributed by atoms with Crippen molar-refractivity contribution in [3.63, 3.8) is 0 Å². The first-order valence-corrected chi connectivity index (χ1v) is 4.43. The van der Waals surface area contributed by atoms with Crippen LogP contribution in [0.15, 0.2) is 0 Å². The van der Waals surface area contributed by atoms with Gasteiger partial charge in [-0.2, -0.15) is 5.48 Å². The van der Waals surface area contributed by atoms with Crippen LogP contribution in [0.5, 0.6) is 0 Å². The van der Waals surface area contributed by atoms with Gasteiger partial charge in [-0.25, -0.2) is 0 Å². The van der Waals surface area contributed by atoms with Gasteiger partial charge in [-0.3, -0.25) is 0 Å². The fraction of sp³-hybridized carbons (Fsp3) is 1.00. The summed E-state index contributed by atoms with van der Waals surface area (Å²) < 4.78 is 0. The number of nitrogens with one attached hydrogen (secondary N) is 2. The van der Waals surface area contributed by atoms with E-state index in [4.69, 9.17) is 4.84 Å². The molecule has 1 heterocycles. The van der Waals surface area contributed by atoms with E-state index in [0.29, 0.717) is 12.1 Å². The third kappa shape index (κ3) is 3.18. The average Bonchev–Trinajstić information content (AvgIpc) is 2.04. The summed E-state index contributed by atoms with van der Waals surface area (Å²) in [6, 6.07) is 1.18. The second kappa shape index (κ2) is 4.70. The zero-order valence-corrected chi connectivity index (χ0v) is 7.39. The lowest BCUT2D eigenvalue weighted by Gasteiger charge is -2.27. The maximum atomic E-state index is 5.12. The average molecular weight is 158 g/mol. The molecule has 66 valence electrons. The highest BCUT2D eigenvalue weighted by atomic mass is 16.6. The van der Waals surface area contributed by atoms with Crippen LogP contribution < -0.4 is 10.8 Å². The van der Waals surface area contributed by atoms with E-state index in [1.165, 1.54) is 12.8 Å². The molecule has 0 saturated carbocycles. The summed E-state index contributed by atoms with van der Waals surface area (Å²) in [4.78, 5) is 5.12. The molecule has 11 heavy (non-hydrogen) atoms. The Kier molecular flexibility index (Phi) is 3.83. The Morgan fingerprint density at radius 2 is 2.36 bits per heavy atom. The molecule has 1 aliphatic rings. The van der Waals surface area contributed by atoms with Crippen molar-refractivity contribution in [3.05, 3.63) is 0 Å². The highest BCUT2D eigenvalue weighted by molar-refractivity contribution is 4.77.